The monoisotopic (exact) mass is 798 g/mol. The second kappa shape index (κ2) is 17.2. The third-order valence-electron chi connectivity index (χ3n) is 10.8. The van der Waals surface area contributed by atoms with Crippen LogP contribution in [0.3, 0.4) is 0 Å². The number of nitrogens with zero attached hydrogens (tertiary/aromatic N) is 2. The number of anilines is 1. The summed E-state index contributed by atoms with van der Waals surface area (Å²) < 4.78 is 11.2. The molecule has 8 aromatic rings. The van der Waals surface area contributed by atoms with E-state index in [1.54, 1.807) is 20.3 Å². The van der Waals surface area contributed by atoms with Crippen molar-refractivity contribution in [1.82, 2.24) is 31.0 Å². The van der Waals surface area contributed by atoms with E-state index >= 15 is 0 Å². The number of aromatic nitrogens is 4. The average molecular weight is 799 g/mol. The lowest BCUT2D eigenvalue weighted by molar-refractivity contribution is 0.0930. The van der Waals surface area contributed by atoms with Crippen LogP contribution in [0.4, 0.5) is 5.69 Å². The summed E-state index contributed by atoms with van der Waals surface area (Å²) in [5, 5.41) is 26.7. The molecule has 0 unspecified atom stereocenters. The minimum absolute atomic E-state index is 0.144. The van der Waals surface area contributed by atoms with Crippen molar-refractivity contribution < 1.29 is 19.1 Å². The number of H-pyrrole nitrogens is 2. The quantitative estimate of drug-likeness (QED) is 0.0637. The highest BCUT2D eigenvalue weighted by Gasteiger charge is 2.20. The highest BCUT2D eigenvalue weighted by molar-refractivity contribution is 5.97. The minimum atomic E-state index is -0.527. The molecule has 0 bridgehead atoms. The first-order valence-electron chi connectivity index (χ1n) is 19.7. The second-order valence-corrected chi connectivity index (χ2v) is 14.8. The fraction of sp³-hybridized carbons (Fsp3) is 0.167. The van der Waals surface area contributed by atoms with Gasteiger partial charge in [-0.3, -0.25) is 19.8 Å². The Balaban J connectivity index is 1.01. The van der Waals surface area contributed by atoms with Crippen LogP contribution in [0, 0.1) is 13.8 Å². The van der Waals surface area contributed by atoms with Gasteiger partial charge in [-0.25, -0.2) is 0 Å². The summed E-state index contributed by atoms with van der Waals surface area (Å²) in [6.45, 7) is 4.44. The first-order valence-corrected chi connectivity index (χ1v) is 19.7. The molecule has 2 amide bonds. The predicted molar refractivity (Wildman–Crippen MR) is 236 cm³/mol. The van der Waals surface area contributed by atoms with E-state index in [1.165, 1.54) is 0 Å². The van der Waals surface area contributed by atoms with Crippen molar-refractivity contribution in [2.75, 3.05) is 32.6 Å². The third kappa shape index (κ3) is 8.40. The molecule has 0 aliphatic rings. The van der Waals surface area contributed by atoms with Crippen LogP contribution in [0.1, 0.15) is 55.3 Å². The van der Waals surface area contributed by atoms with E-state index in [2.05, 4.69) is 48.5 Å². The summed E-state index contributed by atoms with van der Waals surface area (Å²) in [4.78, 5) is 27.8. The molecule has 302 valence electrons. The van der Waals surface area contributed by atoms with Gasteiger partial charge in [0.05, 0.1) is 37.3 Å². The lowest BCUT2D eigenvalue weighted by Crippen LogP contribution is -2.34. The third-order valence-corrected chi connectivity index (χ3v) is 10.8. The number of carbonyl (C=O) groups excluding carboxylic acids is 2. The number of nitrogens with two attached hydrogens (primary N) is 1. The first-order chi connectivity index (χ1) is 29.2. The fourth-order valence-electron chi connectivity index (χ4n) is 7.45. The first kappa shape index (κ1) is 39.4. The average Bonchev–Trinajstić information content (AvgIpc) is 3.86. The van der Waals surface area contributed by atoms with Crippen LogP contribution in [0.15, 0.2) is 127 Å². The molecule has 12 nitrogen and oxygen atoms in total. The minimum Gasteiger partial charge on any atom is -0.497 e. The molecule has 0 radical (unpaired) electrons. The van der Waals surface area contributed by atoms with E-state index in [0.29, 0.717) is 29.2 Å². The highest BCUT2D eigenvalue weighted by atomic mass is 16.5. The Labute approximate surface area is 347 Å². The molecule has 2 aromatic heterocycles. The number of rotatable bonds is 14. The molecule has 8 rings (SSSR count). The molecule has 12 heteroatoms. The van der Waals surface area contributed by atoms with Crippen molar-refractivity contribution >= 4 is 39.3 Å². The van der Waals surface area contributed by atoms with Crippen LogP contribution in [0.25, 0.3) is 44.1 Å². The van der Waals surface area contributed by atoms with Crippen molar-refractivity contribution in [3.8, 4) is 33.8 Å². The normalized spacial score (nSPS) is 12.2. The Morgan fingerprint density at radius 3 is 1.70 bits per heavy atom. The number of nitrogens with one attached hydrogen (secondary N) is 5. The Bertz CT molecular complexity index is 2850. The van der Waals surface area contributed by atoms with Gasteiger partial charge in [-0.15, -0.1) is 0 Å². The van der Waals surface area contributed by atoms with Crippen LogP contribution < -0.4 is 31.2 Å². The Morgan fingerprint density at radius 2 is 1.13 bits per heavy atom. The molecular weight excluding hydrogens is 753 g/mol. The van der Waals surface area contributed by atoms with Gasteiger partial charge in [-0.1, -0.05) is 48.5 Å². The number of amides is 2. The summed E-state index contributed by atoms with van der Waals surface area (Å²) in [6.07, 6.45) is 0. The summed E-state index contributed by atoms with van der Waals surface area (Å²) >= 11 is 0. The van der Waals surface area contributed by atoms with Gasteiger partial charge < -0.3 is 31.2 Å². The standard InChI is InChI=1S/C48H46N8O4/c1-28-41-23-32(14-16-43(41)55-53-28)30-8-5-11-35(18-30)47(57)51-45(26-49)37-20-38(25-40(22-37)60-4)50-27-46(34-10-7-13-39(21-34)59-3)52-48(58)36-12-6-9-31(19-36)33-15-17-44-42(24-33)29(2)54-56-44/h5-25,45-46,50H,26-27,49H2,1-4H3,(H,51,57)(H,52,58)(H,53,55)(H,54,56)/t45-,46+/m1/s1. The number of aromatic amines is 2. The number of aryl methyl sites for hydroxylation is 2. The van der Waals surface area contributed by atoms with Crippen LogP contribution in [-0.4, -0.2) is 59.5 Å². The van der Waals surface area contributed by atoms with Gasteiger partial charge in [0.2, 0.25) is 0 Å². The fourth-order valence-corrected chi connectivity index (χ4v) is 7.45. The number of hydrogen-bond donors (Lipinski definition) is 6. The Kier molecular flexibility index (Phi) is 11.3. The van der Waals surface area contributed by atoms with E-state index < -0.39 is 12.1 Å². The zero-order valence-corrected chi connectivity index (χ0v) is 33.8. The summed E-state index contributed by atoms with van der Waals surface area (Å²) in [7, 11) is 3.21. The van der Waals surface area contributed by atoms with Crippen molar-refractivity contribution in [1.29, 1.82) is 0 Å². The van der Waals surface area contributed by atoms with E-state index in [-0.39, 0.29) is 18.4 Å². The maximum atomic E-state index is 14.0. The maximum Gasteiger partial charge on any atom is 0.251 e. The highest BCUT2D eigenvalue weighted by Crippen LogP contribution is 2.30. The molecule has 0 aliphatic carbocycles. The molecular formula is C48H46N8O4. The summed E-state index contributed by atoms with van der Waals surface area (Å²) in [6, 6.07) is 39.5. The number of fused-ring (bicyclic) bond motifs is 2. The Hall–Kier alpha value is -7.44. The molecule has 0 saturated heterocycles. The molecule has 0 saturated carbocycles. The van der Waals surface area contributed by atoms with Gasteiger partial charge in [0, 0.05) is 58.1 Å². The molecule has 6 aromatic carbocycles. The number of benzene rings is 6. The van der Waals surface area contributed by atoms with Crippen LogP contribution >= 0.6 is 0 Å². The molecule has 0 aliphatic heterocycles. The zero-order chi connectivity index (χ0) is 41.8. The van der Waals surface area contributed by atoms with Crippen LogP contribution in [0.5, 0.6) is 11.5 Å². The SMILES string of the molecule is COc1cccc([C@H](CNc2cc(OC)cc([C@@H](CN)NC(=O)c3cccc(-c4ccc5n[nH]c(C)c5c4)c3)c2)NC(=O)c2cccc(-c3ccc4n[nH]c(C)c4c3)c2)c1. The second-order valence-electron chi connectivity index (χ2n) is 14.8. The van der Waals surface area contributed by atoms with E-state index in [0.717, 1.165) is 72.3 Å². The Morgan fingerprint density at radius 1 is 0.600 bits per heavy atom. The summed E-state index contributed by atoms with van der Waals surface area (Å²) in [5.41, 5.74) is 17.2. The lowest BCUT2D eigenvalue weighted by Gasteiger charge is -2.23. The topological polar surface area (TPSA) is 172 Å². The van der Waals surface area contributed by atoms with E-state index in [4.69, 9.17) is 15.2 Å². The molecule has 0 spiro atoms. The van der Waals surface area contributed by atoms with Gasteiger partial charge in [0.1, 0.15) is 11.5 Å². The van der Waals surface area contributed by atoms with Gasteiger partial charge >= 0.3 is 0 Å². The number of hydrogen-bond acceptors (Lipinski definition) is 8. The number of methoxy groups -OCH3 is 2. The van der Waals surface area contributed by atoms with Gasteiger partial charge in [-0.05, 0) is 120 Å². The van der Waals surface area contributed by atoms with E-state index in [1.807, 2.05) is 123 Å². The molecule has 0 fully saturated rings. The van der Waals surface area contributed by atoms with Crippen molar-refractivity contribution in [3.63, 3.8) is 0 Å². The van der Waals surface area contributed by atoms with Crippen molar-refractivity contribution in [2.24, 2.45) is 5.73 Å². The van der Waals surface area contributed by atoms with Crippen molar-refractivity contribution in [3.05, 3.63) is 161 Å². The molecule has 2 atom stereocenters. The number of carbonyl (C=O) groups is 2. The summed E-state index contributed by atoms with van der Waals surface area (Å²) in [5.74, 6) is 0.762. The molecule has 60 heavy (non-hydrogen) atoms. The smallest absolute Gasteiger partial charge is 0.251 e. The maximum absolute atomic E-state index is 14.0. The van der Waals surface area contributed by atoms with Crippen LogP contribution in [0.2, 0.25) is 0 Å². The largest absolute Gasteiger partial charge is 0.497 e. The lowest BCUT2D eigenvalue weighted by atomic mass is 10.00. The van der Waals surface area contributed by atoms with Gasteiger partial charge in [-0.2, -0.15) is 10.2 Å². The van der Waals surface area contributed by atoms with Gasteiger partial charge in [0.25, 0.3) is 11.8 Å². The van der Waals surface area contributed by atoms with E-state index in [9.17, 15) is 9.59 Å². The molecule has 7 N–H and O–H groups in total. The molecule has 2 heterocycles. The van der Waals surface area contributed by atoms with Crippen molar-refractivity contribution in [2.45, 2.75) is 25.9 Å². The predicted octanol–water partition coefficient (Wildman–Crippen LogP) is 8.42. The number of ether oxygens (including phenoxy) is 2. The van der Waals surface area contributed by atoms with Crippen LogP contribution in [-0.2, 0) is 0 Å². The zero-order valence-electron chi connectivity index (χ0n) is 33.8. The van der Waals surface area contributed by atoms with Gasteiger partial charge in [0.15, 0.2) is 0 Å².